The van der Waals surface area contributed by atoms with Gasteiger partial charge >= 0.3 is 16.5 Å². The van der Waals surface area contributed by atoms with Crippen molar-refractivity contribution in [2.45, 2.75) is 34.6 Å². The van der Waals surface area contributed by atoms with Crippen LogP contribution in [0.15, 0.2) is 74.4 Å². The van der Waals surface area contributed by atoms with E-state index in [-0.39, 0.29) is 23.1 Å². The maximum atomic E-state index is 7.57. The maximum absolute atomic E-state index is 7.57. The van der Waals surface area contributed by atoms with Crippen molar-refractivity contribution in [2.24, 2.45) is 0 Å². The largest absolute Gasteiger partial charge is 2.00 e. The predicted molar refractivity (Wildman–Crippen MR) is 152 cm³/mol. The van der Waals surface area contributed by atoms with Gasteiger partial charge in [-0.05, 0) is 34.6 Å². The molecule has 0 spiro atoms. The molecule has 0 bridgehead atoms. The van der Waals surface area contributed by atoms with E-state index in [1.807, 2.05) is 27.7 Å². The Morgan fingerprint density at radius 3 is 0.789 bits per heavy atom. The fourth-order valence-corrected chi connectivity index (χ4v) is 1.49. The second kappa shape index (κ2) is 35.5. The molecule has 4 aromatic rings. The van der Waals surface area contributed by atoms with Gasteiger partial charge in [-0.2, -0.15) is 10.3 Å². The first-order chi connectivity index (χ1) is 17.8. The normalized spacial score (nSPS) is 7.32. The molecule has 4 heterocycles. The molecular weight excluding hydrogens is 567 g/mol. The van der Waals surface area contributed by atoms with E-state index in [0.29, 0.717) is 0 Å². The third kappa shape index (κ3) is 39.6. The van der Waals surface area contributed by atoms with Crippen LogP contribution in [0.25, 0.3) is 10.8 Å². The summed E-state index contributed by atoms with van der Waals surface area (Å²) in [6.45, 7) is 9.57. The Balaban J connectivity index is -0.000000183. The maximum Gasteiger partial charge on any atom is 2.00 e. The van der Waals surface area contributed by atoms with Gasteiger partial charge in [-0.1, -0.05) is 24.4 Å². The summed E-state index contributed by atoms with van der Waals surface area (Å²) in [5.41, 5.74) is 3.84. The zero-order chi connectivity index (χ0) is 28.6. The molecule has 0 saturated carbocycles. The Bertz CT molecular complexity index is 895. The molecule has 0 radical (unpaired) electrons. The van der Waals surface area contributed by atoms with Gasteiger partial charge in [0.05, 0.1) is 22.8 Å². The van der Waals surface area contributed by atoms with E-state index in [9.17, 15) is 0 Å². The summed E-state index contributed by atoms with van der Waals surface area (Å²) in [6, 6.07) is 0. The Hall–Kier alpha value is -3.63. The van der Waals surface area contributed by atoms with Gasteiger partial charge in [-0.25, -0.2) is 0 Å². The van der Waals surface area contributed by atoms with Crippen molar-refractivity contribution in [3.05, 3.63) is 108 Å². The van der Waals surface area contributed by atoms with Gasteiger partial charge in [0.15, 0.2) is 0 Å². The molecule has 38 heavy (non-hydrogen) atoms. The molecule has 0 unspecified atom stereocenters. The topological polar surface area (TPSA) is 168 Å². The van der Waals surface area contributed by atoms with Gasteiger partial charge in [-0.3, -0.25) is 39.9 Å². The SMILES string of the molecule is CCO.Cc1cnccn1.Cc1cnccn1.Cc1cnccn1.Cc1cnccn1.[N-]=C=S.[N-]=C=S.[Ni+2]. The van der Waals surface area contributed by atoms with Crippen molar-refractivity contribution >= 4 is 34.8 Å². The molecule has 0 aliphatic heterocycles. The zero-order valence-electron chi connectivity index (χ0n) is 21.7. The van der Waals surface area contributed by atoms with Gasteiger partial charge in [0.25, 0.3) is 0 Å². The third-order valence-corrected chi connectivity index (χ3v) is 2.77. The number of rotatable bonds is 0. The number of thiocarbonyl (C=S) groups is 2. The number of hydrogen-bond acceptors (Lipinski definition) is 11. The van der Waals surface area contributed by atoms with Crippen LogP contribution in [-0.2, 0) is 16.5 Å². The van der Waals surface area contributed by atoms with Gasteiger partial charge in [0.2, 0.25) is 0 Å². The third-order valence-electron chi connectivity index (χ3n) is 2.77. The van der Waals surface area contributed by atoms with Gasteiger partial charge in [0.1, 0.15) is 0 Å². The molecule has 0 aromatic carbocycles. The average Bonchev–Trinajstić information content (AvgIpc) is 2.89. The number of aryl methyl sites for hydroxylation is 4. The summed E-state index contributed by atoms with van der Waals surface area (Å²) < 4.78 is 0. The molecule has 0 aliphatic carbocycles. The van der Waals surface area contributed by atoms with Crippen molar-refractivity contribution in [3.8, 4) is 0 Å². The zero-order valence-corrected chi connectivity index (χ0v) is 24.3. The molecule has 4 aromatic heterocycles. The minimum atomic E-state index is 0. The van der Waals surface area contributed by atoms with Crippen LogP contribution in [0.2, 0.25) is 0 Å². The smallest absolute Gasteiger partial charge is 0.753 e. The summed E-state index contributed by atoms with van der Waals surface area (Å²) in [5.74, 6) is 0. The summed E-state index contributed by atoms with van der Waals surface area (Å²) in [4.78, 5) is 31.0. The van der Waals surface area contributed by atoms with E-state index in [0.717, 1.165) is 22.8 Å². The first-order valence-electron chi connectivity index (χ1n) is 10.4. The van der Waals surface area contributed by atoms with Crippen LogP contribution in [0.4, 0.5) is 0 Å². The molecule has 0 fully saturated rings. The Kier molecular flexibility index (Phi) is 38.8. The van der Waals surface area contributed by atoms with E-state index in [1.165, 1.54) is 10.3 Å². The first-order valence-corrected chi connectivity index (χ1v) is 11.2. The standard InChI is InChI=1S/4C5H6N2.C2H6O.2CNS.Ni/c4*1-5-4-6-2-3-7-5;1-2-3;2*2-1-3;/h4*2-4H,1H3;3H,2H2,1H3;;;/q;;;;;2*-1;+2. The van der Waals surface area contributed by atoms with Crippen molar-refractivity contribution in [2.75, 3.05) is 6.61 Å². The van der Waals surface area contributed by atoms with Crippen LogP contribution >= 0.6 is 24.4 Å². The van der Waals surface area contributed by atoms with E-state index < -0.39 is 0 Å². The molecule has 204 valence electrons. The molecule has 0 atom stereocenters. The monoisotopic (exact) mass is 596 g/mol. The van der Waals surface area contributed by atoms with Gasteiger partial charge < -0.3 is 15.9 Å². The van der Waals surface area contributed by atoms with Crippen LogP contribution in [0.5, 0.6) is 0 Å². The molecule has 14 heteroatoms. The molecule has 0 aliphatic rings. The molecule has 0 saturated heterocycles. The Morgan fingerprint density at radius 1 is 0.579 bits per heavy atom. The first kappa shape index (κ1) is 41.5. The average molecular weight is 597 g/mol. The van der Waals surface area contributed by atoms with Crippen molar-refractivity contribution < 1.29 is 21.6 Å². The van der Waals surface area contributed by atoms with Gasteiger partial charge in [-0.15, -0.1) is 0 Å². The summed E-state index contributed by atoms with van der Waals surface area (Å²) in [7, 11) is 0. The fraction of sp³-hybridized carbons (Fsp3) is 0.250. The second-order valence-corrected chi connectivity index (χ2v) is 6.25. The van der Waals surface area contributed by atoms with E-state index in [2.05, 4.69) is 64.3 Å². The predicted octanol–water partition coefficient (Wildman–Crippen LogP) is 4.45. The molecule has 0 amide bonds. The number of hydrogen-bond donors (Lipinski definition) is 1. The fourth-order valence-electron chi connectivity index (χ4n) is 1.49. The number of aromatic nitrogens is 8. The number of aliphatic hydroxyl groups is 1. The Labute approximate surface area is 244 Å². The minimum Gasteiger partial charge on any atom is -0.753 e. The molecule has 4 rings (SSSR count). The van der Waals surface area contributed by atoms with Crippen molar-refractivity contribution in [1.29, 1.82) is 0 Å². The summed E-state index contributed by atoms with van der Waals surface area (Å²) >= 11 is 7.40. The molecule has 11 nitrogen and oxygen atoms in total. The van der Waals surface area contributed by atoms with Crippen LogP contribution < -0.4 is 0 Å². The number of isothiocyanates is 2. The van der Waals surface area contributed by atoms with Gasteiger partial charge in [0, 0.05) is 81.0 Å². The number of nitrogens with zero attached hydrogens (tertiary/aromatic N) is 10. The van der Waals surface area contributed by atoms with E-state index >= 15 is 0 Å². The molecule has 1 N–H and O–H groups in total. The van der Waals surface area contributed by atoms with E-state index in [4.69, 9.17) is 15.9 Å². The second-order valence-electron chi connectivity index (χ2n) is 5.89. The Morgan fingerprint density at radius 2 is 0.737 bits per heavy atom. The molecular formula is C24H30N10NiOS2. The minimum absolute atomic E-state index is 0. The van der Waals surface area contributed by atoms with E-state index in [1.54, 1.807) is 81.3 Å². The van der Waals surface area contributed by atoms with Crippen LogP contribution in [0.3, 0.4) is 0 Å². The van der Waals surface area contributed by atoms with Crippen LogP contribution in [0.1, 0.15) is 29.7 Å². The summed E-state index contributed by atoms with van der Waals surface area (Å²) in [6.07, 6.45) is 20.2. The number of aliphatic hydroxyl groups excluding tert-OH is 1. The van der Waals surface area contributed by atoms with Crippen LogP contribution in [0, 0.1) is 27.7 Å². The summed E-state index contributed by atoms with van der Waals surface area (Å²) in [5, 5.41) is 24.5. The quantitative estimate of drug-likeness (QED) is 0.173. The van der Waals surface area contributed by atoms with Crippen molar-refractivity contribution in [1.82, 2.24) is 39.9 Å². The van der Waals surface area contributed by atoms with Crippen LogP contribution in [-0.4, -0.2) is 61.9 Å². The van der Waals surface area contributed by atoms with Crippen molar-refractivity contribution in [3.63, 3.8) is 0 Å².